The first kappa shape index (κ1) is 48.0. The Kier molecular flexibility index (Phi) is 17.9. The minimum Gasteiger partial charge on any atom is -0.450 e. The molecule has 8 aliphatic rings. The van der Waals surface area contributed by atoms with Gasteiger partial charge in [-0.2, -0.15) is 0 Å². The number of carbonyl (C=O) groups is 5. The van der Waals surface area contributed by atoms with Gasteiger partial charge in [-0.05, 0) is 136 Å². The van der Waals surface area contributed by atoms with E-state index in [2.05, 4.69) is 30.7 Å². The van der Waals surface area contributed by atoms with Crippen molar-refractivity contribution in [3.8, 4) is 0 Å². The smallest absolute Gasteiger partial charge is 0.409 e. The van der Waals surface area contributed by atoms with Gasteiger partial charge < -0.3 is 40.1 Å². The Balaban J connectivity index is 0.000000186. The highest BCUT2D eigenvalue weighted by molar-refractivity contribution is 5.86. The Morgan fingerprint density at radius 2 is 1.10 bits per heavy atom. The normalized spacial score (nSPS) is 29.8. The van der Waals surface area contributed by atoms with E-state index in [1.807, 2.05) is 11.8 Å². The molecule has 0 radical (unpaired) electrons. The largest absolute Gasteiger partial charge is 0.450 e. The van der Waals surface area contributed by atoms with Crippen LogP contribution in [0.4, 0.5) is 9.59 Å². The Morgan fingerprint density at radius 1 is 0.633 bits per heavy atom. The number of ether oxygens (including phenoxy) is 2. The average Bonchev–Trinajstić information content (AvgIpc) is 3.91. The number of piperidine rings is 4. The van der Waals surface area contributed by atoms with E-state index < -0.39 is 0 Å². The summed E-state index contributed by atoms with van der Waals surface area (Å²) in [5, 5.41) is 9.06. The molecule has 0 aromatic carbocycles. The molecular weight excluding hydrogens is 765 g/mol. The maximum absolute atomic E-state index is 12.3. The number of likely N-dealkylation sites (N-methyl/N-ethyl adjacent to an activating group) is 2. The van der Waals surface area contributed by atoms with Crippen LogP contribution in [0.5, 0.6) is 0 Å². The lowest BCUT2D eigenvalue weighted by Crippen LogP contribution is -2.58. The lowest BCUT2D eigenvalue weighted by Gasteiger charge is -2.52. The number of hydrogen-bond donors (Lipinski definition) is 3. The van der Waals surface area contributed by atoms with E-state index in [1.165, 1.54) is 64.2 Å². The molecule has 4 amide bonds. The fraction of sp³-hybridized carbons (Fsp3) is 0.889. The van der Waals surface area contributed by atoms with Crippen molar-refractivity contribution in [2.45, 2.75) is 154 Å². The Morgan fingerprint density at radius 3 is 1.57 bits per heavy atom. The van der Waals surface area contributed by atoms with E-state index >= 15 is 0 Å². The van der Waals surface area contributed by atoms with Gasteiger partial charge in [-0.25, -0.2) is 9.59 Å². The summed E-state index contributed by atoms with van der Waals surface area (Å²) < 4.78 is 10.1. The summed E-state index contributed by atoms with van der Waals surface area (Å²) in [4.78, 5) is 69.7. The first-order valence-electron chi connectivity index (χ1n) is 23.3. The third kappa shape index (κ3) is 11.7. The molecule has 6 aliphatic heterocycles. The van der Waals surface area contributed by atoms with Gasteiger partial charge in [-0.15, -0.1) is 0 Å². The topological polar surface area (TPSA) is 156 Å². The molecule has 6 heterocycles. The second kappa shape index (κ2) is 22.4. The van der Waals surface area contributed by atoms with Crippen molar-refractivity contribution in [3.63, 3.8) is 0 Å². The molecule has 6 saturated heterocycles. The van der Waals surface area contributed by atoms with Gasteiger partial charge in [0, 0.05) is 76.7 Å². The molecule has 8 rings (SSSR count). The quantitative estimate of drug-likeness (QED) is 0.337. The van der Waals surface area contributed by atoms with Crippen LogP contribution in [0.25, 0.3) is 0 Å². The molecule has 3 N–H and O–H groups in total. The van der Waals surface area contributed by atoms with Crippen molar-refractivity contribution >= 4 is 29.8 Å². The van der Waals surface area contributed by atoms with Crippen molar-refractivity contribution in [1.29, 1.82) is 0 Å². The third-order valence-corrected chi connectivity index (χ3v) is 14.9. The average molecular weight is 845 g/mol. The summed E-state index contributed by atoms with van der Waals surface area (Å²) in [6.07, 6.45) is 17.0. The lowest BCUT2D eigenvalue weighted by molar-refractivity contribution is -0.132. The van der Waals surface area contributed by atoms with Gasteiger partial charge in [0.1, 0.15) is 5.78 Å². The number of carbonyl (C=O) groups excluding carboxylic acids is 5. The monoisotopic (exact) mass is 845 g/mol. The lowest BCUT2D eigenvalue weighted by atomic mass is 9.64. The predicted octanol–water partition coefficient (Wildman–Crippen LogP) is 4.24. The van der Waals surface area contributed by atoms with E-state index in [0.29, 0.717) is 61.9 Å². The van der Waals surface area contributed by atoms with Crippen molar-refractivity contribution in [2.75, 3.05) is 92.8 Å². The van der Waals surface area contributed by atoms with Crippen molar-refractivity contribution in [1.82, 2.24) is 40.4 Å². The summed E-state index contributed by atoms with van der Waals surface area (Å²) in [6, 6.07) is 2.04. The fourth-order valence-electron chi connectivity index (χ4n) is 11.6. The number of ketones is 1. The van der Waals surface area contributed by atoms with Crippen LogP contribution in [0.1, 0.15) is 124 Å². The van der Waals surface area contributed by atoms with Crippen LogP contribution in [-0.2, 0) is 23.9 Å². The van der Waals surface area contributed by atoms with Crippen molar-refractivity contribution < 1.29 is 33.4 Å². The van der Waals surface area contributed by atoms with Gasteiger partial charge in [0.15, 0.2) is 0 Å². The Labute approximate surface area is 360 Å². The number of nitrogens with one attached hydrogen (secondary N) is 3. The molecule has 15 nitrogen and oxygen atoms in total. The van der Waals surface area contributed by atoms with Gasteiger partial charge >= 0.3 is 12.2 Å². The predicted molar refractivity (Wildman–Crippen MR) is 233 cm³/mol. The number of hydrogen-bond acceptors (Lipinski definition) is 11. The van der Waals surface area contributed by atoms with Crippen LogP contribution in [-0.4, -0.2) is 177 Å². The fourth-order valence-corrected chi connectivity index (χ4v) is 11.6. The summed E-state index contributed by atoms with van der Waals surface area (Å²) in [7, 11) is 3.51. The van der Waals surface area contributed by atoms with E-state index in [-0.39, 0.29) is 48.9 Å². The van der Waals surface area contributed by atoms with Gasteiger partial charge in [0.05, 0.1) is 25.3 Å². The minimum atomic E-state index is -0.233. The van der Waals surface area contributed by atoms with E-state index in [4.69, 9.17) is 9.47 Å². The highest BCUT2D eigenvalue weighted by Crippen LogP contribution is 2.51. The molecular formula is C45H80N8O7. The highest BCUT2D eigenvalue weighted by atomic mass is 16.6. The Bertz CT molecular complexity index is 1420. The van der Waals surface area contributed by atoms with Gasteiger partial charge in [0.2, 0.25) is 11.8 Å². The number of rotatable bonds is 7. The van der Waals surface area contributed by atoms with Crippen molar-refractivity contribution in [2.24, 2.45) is 10.8 Å². The highest BCUT2D eigenvalue weighted by Gasteiger charge is 2.52. The maximum atomic E-state index is 12.3. The van der Waals surface area contributed by atoms with E-state index in [0.717, 1.165) is 84.6 Å². The van der Waals surface area contributed by atoms with Crippen LogP contribution in [0.15, 0.2) is 0 Å². The number of nitrogens with zero attached hydrogens (tertiary/aromatic N) is 5. The molecule has 0 aromatic rings. The molecule has 342 valence electrons. The van der Waals surface area contributed by atoms with E-state index in [9.17, 15) is 24.0 Å². The first-order valence-corrected chi connectivity index (χ1v) is 23.3. The van der Waals surface area contributed by atoms with Crippen LogP contribution >= 0.6 is 0 Å². The molecule has 2 aliphatic carbocycles. The summed E-state index contributed by atoms with van der Waals surface area (Å²) in [5.74, 6) is 0.731. The SMILES string of the molecule is C.CCOC(=O)N1CCC2(CC(=O)C2)C1.CCOC(=O)N1CCC2(CC(N3CCC(N4CCCC[C@@H]4C(=O)NC)CC3)C2)C1.CNC(=O)[C@H]1CCCCN1C1CCNCC1. The number of likely N-dealkylation sites (tertiary alicyclic amines) is 5. The standard InChI is InChI=1S/C22H38N4O3.C12H23N3O.C10H15NO3.CH4/c1-3-29-21(28)25-13-9-22(16-25)14-18(15-22)24-11-7-17(8-12-24)26-10-5-4-6-19(26)20(27)23-2;1-13-12(16)11-4-2-3-9-15(11)10-5-7-14-8-6-10;1-2-14-9(13)11-4-3-10(7-11)5-8(12)6-10;/h17-19H,3-16H2,1-2H3,(H,23,27);10-11,14H,2-9H2,1H3,(H,13,16);2-7H2,1H3;1H4/t18?,19-,22?;11-;;/m11../s1. The van der Waals surface area contributed by atoms with Crippen LogP contribution < -0.4 is 16.0 Å². The van der Waals surface area contributed by atoms with Crippen LogP contribution in [0.2, 0.25) is 0 Å². The summed E-state index contributed by atoms with van der Waals surface area (Å²) >= 11 is 0. The minimum absolute atomic E-state index is 0. The van der Waals surface area contributed by atoms with Crippen molar-refractivity contribution in [3.05, 3.63) is 0 Å². The van der Waals surface area contributed by atoms with E-state index in [1.54, 1.807) is 25.9 Å². The summed E-state index contributed by atoms with van der Waals surface area (Å²) in [6.45, 7) is 14.4. The molecule has 2 saturated carbocycles. The molecule has 2 spiro atoms. The molecule has 15 heteroatoms. The van der Waals surface area contributed by atoms with Gasteiger partial charge in [-0.3, -0.25) is 24.2 Å². The molecule has 0 aromatic heterocycles. The van der Waals surface area contributed by atoms with Gasteiger partial charge in [0.25, 0.3) is 0 Å². The molecule has 0 unspecified atom stereocenters. The van der Waals surface area contributed by atoms with Crippen LogP contribution in [0.3, 0.4) is 0 Å². The molecule has 2 atom stereocenters. The maximum Gasteiger partial charge on any atom is 0.409 e. The zero-order valence-corrected chi connectivity index (χ0v) is 36.8. The first-order chi connectivity index (χ1) is 28.5. The summed E-state index contributed by atoms with van der Waals surface area (Å²) in [5.41, 5.74) is 0.454. The van der Waals surface area contributed by atoms with Crippen LogP contribution in [0, 0.1) is 10.8 Å². The molecule has 60 heavy (non-hydrogen) atoms. The zero-order valence-electron chi connectivity index (χ0n) is 36.8. The number of amides is 4. The molecule has 8 fully saturated rings. The number of Topliss-reactive ketones (excluding diaryl/α,β-unsaturated/α-hetero) is 1. The second-order valence-corrected chi connectivity index (χ2v) is 18.7. The Hall–Kier alpha value is -3.01. The zero-order chi connectivity index (χ0) is 42.0. The van der Waals surface area contributed by atoms with Gasteiger partial charge in [-0.1, -0.05) is 20.3 Å². The molecule has 0 bridgehead atoms. The second-order valence-electron chi connectivity index (χ2n) is 18.7. The third-order valence-electron chi connectivity index (χ3n) is 14.9.